The molecule has 0 aliphatic carbocycles. The van der Waals surface area contributed by atoms with Crippen molar-refractivity contribution in [3.8, 4) is 0 Å². The van der Waals surface area contributed by atoms with E-state index in [2.05, 4.69) is 29.5 Å². The molecule has 0 bridgehead atoms. The van der Waals surface area contributed by atoms with Gasteiger partial charge in [0.05, 0.1) is 0 Å². The van der Waals surface area contributed by atoms with Crippen molar-refractivity contribution in [2.24, 2.45) is 5.73 Å². The van der Waals surface area contributed by atoms with Gasteiger partial charge in [-0.2, -0.15) is 0 Å². The topological polar surface area (TPSA) is 38.5 Å². The first-order valence-electron chi connectivity index (χ1n) is 5.18. The molecule has 15 heavy (non-hydrogen) atoms. The molecule has 0 aliphatic rings. The fraction of sp³-hybridized carbons (Fsp3) is 0.636. The van der Waals surface area contributed by atoms with E-state index >= 15 is 0 Å². The van der Waals surface area contributed by atoms with Crippen LogP contribution < -0.4 is 5.73 Å². The van der Waals surface area contributed by atoms with Gasteiger partial charge in [0.1, 0.15) is 0 Å². The highest BCUT2D eigenvalue weighted by molar-refractivity contribution is 7.09. The molecule has 1 rings (SSSR count). The maximum Gasteiger partial charge on any atom is 0.0477 e. The Morgan fingerprint density at radius 1 is 1.60 bits per heavy atom. The van der Waals surface area contributed by atoms with Crippen molar-refractivity contribution in [3.63, 3.8) is 0 Å². The zero-order valence-electron chi connectivity index (χ0n) is 9.48. The minimum atomic E-state index is 0.204. The van der Waals surface area contributed by atoms with Crippen LogP contribution in [0.4, 0.5) is 0 Å². The molecule has 86 valence electrons. The van der Waals surface area contributed by atoms with Crippen LogP contribution in [0.2, 0.25) is 0 Å². The minimum absolute atomic E-state index is 0.204. The molecule has 2 N–H and O–H groups in total. The SMILES string of the molecule is COCCC(N)CN(C)Cc1cccs1. The van der Waals surface area contributed by atoms with Crippen molar-refractivity contribution in [2.45, 2.75) is 19.0 Å². The highest BCUT2D eigenvalue weighted by Crippen LogP contribution is 2.10. The molecule has 0 radical (unpaired) electrons. The number of hydrogen-bond donors (Lipinski definition) is 1. The first kappa shape index (κ1) is 12.6. The average molecular weight is 228 g/mol. The molecule has 0 saturated heterocycles. The fourth-order valence-electron chi connectivity index (χ4n) is 1.49. The lowest BCUT2D eigenvalue weighted by molar-refractivity contribution is 0.179. The second-order valence-corrected chi connectivity index (χ2v) is 4.85. The maximum absolute atomic E-state index is 5.97. The third-order valence-corrected chi connectivity index (χ3v) is 3.11. The van der Waals surface area contributed by atoms with Crippen LogP contribution in [0.5, 0.6) is 0 Å². The van der Waals surface area contributed by atoms with Gasteiger partial charge in [-0.25, -0.2) is 0 Å². The predicted molar refractivity (Wildman–Crippen MR) is 65.1 cm³/mol. The van der Waals surface area contributed by atoms with E-state index in [1.807, 2.05) is 0 Å². The van der Waals surface area contributed by atoms with Gasteiger partial charge in [0.15, 0.2) is 0 Å². The average Bonchev–Trinajstić information content (AvgIpc) is 2.67. The largest absolute Gasteiger partial charge is 0.385 e. The standard InChI is InChI=1S/C11H20N2OS/c1-13(8-10(12)5-6-14-2)9-11-4-3-7-15-11/h3-4,7,10H,5-6,8-9,12H2,1-2H3. The van der Waals surface area contributed by atoms with Gasteiger partial charge in [0.25, 0.3) is 0 Å². The molecule has 4 heteroatoms. The second-order valence-electron chi connectivity index (χ2n) is 3.82. The number of rotatable bonds is 7. The molecular weight excluding hydrogens is 208 g/mol. The molecule has 1 atom stereocenters. The summed E-state index contributed by atoms with van der Waals surface area (Å²) in [5.74, 6) is 0. The molecule has 0 saturated carbocycles. The van der Waals surface area contributed by atoms with E-state index in [-0.39, 0.29) is 6.04 Å². The quantitative estimate of drug-likeness (QED) is 0.769. The van der Waals surface area contributed by atoms with Crippen LogP contribution >= 0.6 is 11.3 Å². The van der Waals surface area contributed by atoms with Gasteiger partial charge in [0, 0.05) is 37.7 Å². The van der Waals surface area contributed by atoms with Crippen molar-refractivity contribution >= 4 is 11.3 Å². The molecule has 1 unspecified atom stereocenters. The highest BCUT2D eigenvalue weighted by atomic mass is 32.1. The van der Waals surface area contributed by atoms with Crippen molar-refractivity contribution in [1.29, 1.82) is 0 Å². The first-order valence-corrected chi connectivity index (χ1v) is 6.05. The maximum atomic E-state index is 5.97. The van der Waals surface area contributed by atoms with E-state index < -0.39 is 0 Å². The van der Waals surface area contributed by atoms with E-state index in [9.17, 15) is 0 Å². The van der Waals surface area contributed by atoms with Gasteiger partial charge in [-0.15, -0.1) is 11.3 Å². The number of likely N-dealkylation sites (N-methyl/N-ethyl adjacent to an activating group) is 1. The molecule has 0 aromatic carbocycles. The molecule has 1 aromatic rings. The predicted octanol–water partition coefficient (Wildman–Crippen LogP) is 1.54. The Balaban J connectivity index is 2.20. The van der Waals surface area contributed by atoms with Crippen LogP contribution in [-0.4, -0.2) is 38.3 Å². The third-order valence-electron chi connectivity index (χ3n) is 2.24. The first-order chi connectivity index (χ1) is 7.22. The molecular formula is C11H20N2OS. The van der Waals surface area contributed by atoms with Crippen molar-refractivity contribution in [1.82, 2.24) is 4.90 Å². The Labute approximate surface area is 95.8 Å². The summed E-state index contributed by atoms with van der Waals surface area (Å²) in [5, 5.41) is 2.11. The number of nitrogens with two attached hydrogens (primary N) is 1. The van der Waals surface area contributed by atoms with Gasteiger partial charge in [-0.1, -0.05) is 6.07 Å². The molecule has 1 heterocycles. The lowest BCUT2D eigenvalue weighted by Crippen LogP contribution is -2.35. The summed E-state index contributed by atoms with van der Waals surface area (Å²) >= 11 is 1.79. The van der Waals surface area contributed by atoms with Crippen LogP contribution in [0.15, 0.2) is 17.5 Å². The van der Waals surface area contributed by atoms with E-state index in [1.54, 1.807) is 18.4 Å². The van der Waals surface area contributed by atoms with Gasteiger partial charge in [-0.3, -0.25) is 4.90 Å². The highest BCUT2D eigenvalue weighted by Gasteiger charge is 2.07. The Bertz CT molecular complexity index is 251. The monoisotopic (exact) mass is 228 g/mol. The number of methoxy groups -OCH3 is 1. The van der Waals surface area contributed by atoms with E-state index in [0.717, 1.165) is 26.1 Å². The van der Waals surface area contributed by atoms with Crippen LogP contribution in [0, 0.1) is 0 Å². The lowest BCUT2D eigenvalue weighted by Gasteiger charge is -2.20. The van der Waals surface area contributed by atoms with Crippen molar-refractivity contribution in [3.05, 3.63) is 22.4 Å². The Kier molecular flexibility index (Phi) is 5.86. The van der Waals surface area contributed by atoms with Gasteiger partial charge in [-0.05, 0) is 24.9 Å². The summed E-state index contributed by atoms with van der Waals surface area (Å²) in [4.78, 5) is 3.64. The zero-order valence-corrected chi connectivity index (χ0v) is 10.3. The van der Waals surface area contributed by atoms with Gasteiger partial charge < -0.3 is 10.5 Å². The number of ether oxygens (including phenoxy) is 1. The molecule has 0 fully saturated rings. The number of nitrogens with zero attached hydrogens (tertiary/aromatic N) is 1. The summed E-state index contributed by atoms with van der Waals surface area (Å²) in [7, 11) is 3.81. The smallest absolute Gasteiger partial charge is 0.0477 e. The van der Waals surface area contributed by atoms with E-state index in [1.165, 1.54) is 4.88 Å². The molecule has 0 spiro atoms. The van der Waals surface area contributed by atoms with Crippen LogP contribution in [0.1, 0.15) is 11.3 Å². The Morgan fingerprint density at radius 3 is 3.00 bits per heavy atom. The third kappa shape index (κ3) is 5.28. The molecule has 0 amide bonds. The minimum Gasteiger partial charge on any atom is -0.385 e. The summed E-state index contributed by atoms with van der Waals surface area (Å²) < 4.78 is 5.00. The van der Waals surface area contributed by atoms with Gasteiger partial charge >= 0.3 is 0 Å². The molecule has 0 aliphatic heterocycles. The van der Waals surface area contributed by atoms with Crippen LogP contribution in [-0.2, 0) is 11.3 Å². The van der Waals surface area contributed by atoms with E-state index in [0.29, 0.717) is 0 Å². The zero-order chi connectivity index (χ0) is 11.1. The van der Waals surface area contributed by atoms with Crippen molar-refractivity contribution in [2.75, 3.05) is 27.3 Å². The Morgan fingerprint density at radius 2 is 2.40 bits per heavy atom. The summed E-state index contributed by atoms with van der Waals surface area (Å²) in [5.41, 5.74) is 5.97. The number of hydrogen-bond acceptors (Lipinski definition) is 4. The Hall–Kier alpha value is -0.420. The summed E-state index contributed by atoms with van der Waals surface area (Å²) in [6, 6.07) is 4.44. The van der Waals surface area contributed by atoms with Crippen LogP contribution in [0.3, 0.4) is 0 Å². The summed E-state index contributed by atoms with van der Waals surface area (Å²) in [6.07, 6.45) is 0.922. The van der Waals surface area contributed by atoms with Crippen molar-refractivity contribution < 1.29 is 4.74 Å². The molecule has 1 aromatic heterocycles. The normalized spacial score (nSPS) is 13.3. The van der Waals surface area contributed by atoms with Gasteiger partial charge in [0.2, 0.25) is 0 Å². The summed E-state index contributed by atoms with van der Waals surface area (Å²) in [6.45, 7) is 2.65. The lowest BCUT2D eigenvalue weighted by atomic mass is 10.2. The second kappa shape index (κ2) is 6.95. The molecule has 3 nitrogen and oxygen atoms in total. The van der Waals surface area contributed by atoms with Crippen LogP contribution in [0.25, 0.3) is 0 Å². The fourth-order valence-corrected chi connectivity index (χ4v) is 2.28. The number of thiophene rings is 1. The van der Waals surface area contributed by atoms with E-state index in [4.69, 9.17) is 10.5 Å².